The highest BCUT2D eigenvalue weighted by Crippen LogP contribution is 2.10. The molecule has 0 aromatic heterocycles. The van der Waals surface area contributed by atoms with Crippen LogP contribution in [0.2, 0.25) is 0 Å². The Labute approximate surface area is 103 Å². The van der Waals surface area contributed by atoms with Crippen molar-refractivity contribution in [1.82, 2.24) is 10.6 Å². The van der Waals surface area contributed by atoms with E-state index < -0.39 is 0 Å². The smallest absolute Gasteiger partial charge is 0.251 e. The molecule has 1 aromatic carbocycles. The first-order chi connectivity index (χ1) is 8.27. The molecule has 0 spiro atoms. The number of rotatable bonds is 2. The standard InChI is InChI=1S/C14H20N2O/c1-11-5-2-3-7-13(11)14(17)16-12-6-4-9-15-10-8-12/h2-3,5,7,12,15H,4,6,8-10H2,1H3,(H,16,17). The fraction of sp³-hybridized carbons (Fsp3) is 0.500. The van der Waals surface area contributed by atoms with Crippen molar-refractivity contribution in [3.63, 3.8) is 0 Å². The van der Waals surface area contributed by atoms with Crippen LogP contribution >= 0.6 is 0 Å². The molecule has 1 unspecified atom stereocenters. The van der Waals surface area contributed by atoms with E-state index >= 15 is 0 Å². The summed E-state index contributed by atoms with van der Waals surface area (Å²) >= 11 is 0. The van der Waals surface area contributed by atoms with Gasteiger partial charge >= 0.3 is 0 Å². The van der Waals surface area contributed by atoms with Crippen LogP contribution in [0.5, 0.6) is 0 Å². The van der Waals surface area contributed by atoms with E-state index in [0.29, 0.717) is 6.04 Å². The van der Waals surface area contributed by atoms with Gasteiger partial charge in [0.25, 0.3) is 5.91 Å². The number of carbonyl (C=O) groups excluding carboxylic acids is 1. The average molecular weight is 232 g/mol. The van der Waals surface area contributed by atoms with Crippen LogP contribution in [0.25, 0.3) is 0 Å². The van der Waals surface area contributed by atoms with Gasteiger partial charge in [0.2, 0.25) is 0 Å². The summed E-state index contributed by atoms with van der Waals surface area (Å²) in [6.45, 7) is 4.04. The largest absolute Gasteiger partial charge is 0.349 e. The van der Waals surface area contributed by atoms with Crippen LogP contribution < -0.4 is 10.6 Å². The predicted octanol–water partition coefficient (Wildman–Crippen LogP) is 1.87. The zero-order valence-corrected chi connectivity index (χ0v) is 10.3. The fourth-order valence-corrected chi connectivity index (χ4v) is 2.25. The van der Waals surface area contributed by atoms with Crippen LogP contribution in [-0.2, 0) is 0 Å². The van der Waals surface area contributed by atoms with Crippen molar-refractivity contribution in [2.45, 2.75) is 32.2 Å². The van der Waals surface area contributed by atoms with E-state index in [4.69, 9.17) is 0 Å². The van der Waals surface area contributed by atoms with Gasteiger partial charge in [-0.3, -0.25) is 4.79 Å². The molecule has 1 amide bonds. The zero-order valence-electron chi connectivity index (χ0n) is 10.3. The Hall–Kier alpha value is -1.35. The maximum atomic E-state index is 12.1. The summed E-state index contributed by atoms with van der Waals surface area (Å²) in [5, 5.41) is 6.49. The van der Waals surface area contributed by atoms with Crippen LogP contribution in [0.15, 0.2) is 24.3 Å². The molecule has 1 heterocycles. The Morgan fingerprint density at radius 3 is 2.94 bits per heavy atom. The maximum absolute atomic E-state index is 12.1. The van der Waals surface area contributed by atoms with Crippen LogP contribution in [0, 0.1) is 6.92 Å². The monoisotopic (exact) mass is 232 g/mol. The second kappa shape index (κ2) is 5.82. The highest BCUT2D eigenvalue weighted by Gasteiger charge is 2.16. The van der Waals surface area contributed by atoms with Crippen LogP contribution in [0.3, 0.4) is 0 Å². The second-order valence-electron chi connectivity index (χ2n) is 4.67. The first-order valence-corrected chi connectivity index (χ1v) is 6.34. The Kier molecular flexibility index (Phi) is 4.15. The Morgan fingerprint density at radius 2 is 2.12 bits per heavy atom. The van der Waals surface area contributed by atoms with E-state index in [1.807, 2.05) is 31.2 Å². The lowest BCUT2D eigenvalue weighted by atomic mass is 10.1. The minimum Gasteiger partial charge on any atom is -0.349 e. The van der Waals surface area contributed by atoms with Crippen molar-refractivity contribution in [2.75, 3.05) is 13.1 Å². The molecule has 1 aliphatic rings. The van der Waals surface area contributed by atoms with Crippen molar-refractivity contribution in [2.24, 2.45) is 0 Å². The Morgan fingerprint density at radius 1 is 1.29 bits per heavy atom. The van der Waals surface area contributed by atoms with Gasteiger partial charge in [0.15, 0.2) is 0 Å². The Bertz CT molecular complexity index is 382. The molecule has 0 aliphatic carbocycles. The number of nitrogens with one attached hydrogen (secondary N) is 2. The summed E-state index contributed by atoms with van der Waals surface area (Å²) in [6, 6.07) is 8.05. The quantitative estimate of drug-likeness (QED) is 0.817. The second-order valence-corrected chi connectivity index (χ2v) is 4.67. The predicted molar refractivity (Wildman–Crippen MR) is 69.2 cm³/mol. The third-order valence-electron chi connectivity index (χ3n) is 3.30. The highest BCUT2D eigenvalue weighted by molar-refractivity contribution is 5.95. The van der Waals surface area contributed by atoms with Gasteiger partial charge in [-0.25, -0.2) is 0 Å². The number of aryl methyl sites for hydroxylation is 1. The lowest BCUT2D eigenvalue weighted by Gasteiger charge is -2.16. The van der Waals surface area contributed by atoms with E-state index in [-0.39, 0.29) is 5.91 Å². The SMILES string of the molecule is Cc1ccccc1C(=O)NC1CCCNCC1. The summed E-state index contributed by atoms with van der Waals surface area (Å²) in [4.78, 5) is 12.1. The molecule has 1 saturated heterocycles. The summed E-state index contributed by atoms with van der Waals surface area (Å²) in [5.74, 6) is 0.0648. The van der Waals surface area contributed by atoms with Crippen molar-refractivity contribution < 1.29 is 4.79 Å². The number of amides is 1. The molecule has 2 N–H and O–H groups in total. The minimum absolute atomic E-state index is 0.0648. The van der Waals surface area contributed by atoms with Gasteiger partial charge in [-0.15, -0.1) is 0 Å². The average Bonchev–Trinajstić information content (AvgIpc) is 2.58. The summed E-state index contributed by atoms with van der Waals surface area (Å²) in [7, 11) is 0. The van der Waals surface area contributed by atoms with Crippen molar-refractivity contribution in [3.8, 4) is 0 Å². The topological polar surface area (TPSA) is 41.1 Å². The van der Waals surface area contributed by atoms with Crippen molar-refractivity contribution >= 4 is 5.91 Å². The van der Waals surface area contributed by atoms with E-state index in [1.54, 1.807) is 0 Å². The number of benzene rings is 1. The molecule has 1 aromatic rings. The molecule has 3 nitrogen and oxygen atoms in total. The third kappa shape index (κ3) is 3.30. The molecule has 17 heavy (non-hydrogen) atoms. The molecular formula is C14H20N2O. The van der Waals surface area contributed by atoms with Gasteiger partial charge in [-0.1, -0.05) is 18.2 Å². The lowest BCUT2D eigenvalue weighted by molar-refractivity contribution is 0.0933. The van der Waals surface area contributed by atoms with Gasteiger partial charge in [0.05, 0.1) is 0 Å². The van der Waals surface area contributed by atoms with Crippen LogP contribution in [0.4, 0.5) is 0 Å². The first kappa shape index (κ1) is 12.1. The van der Waals surface area contributed by atoms with E-state index in [1.165, 1.54) is 0 Å². The molecule has 0 saturated carbocycles. The summed E-state index contributed by atoms with van der Waals surface area (Å²) < 4.78 is 0. The van der Waals surface area contributed by atoms with Crippen LogP contribution in [-0.4, -0.2) is 25.0 Å². The molecule has 3 heteroatoms. The first-order valence-electron chi connectivity index (χ1n) is 6.34. The zero-order chi connectivity index (χ0) is 12.1. The van der Waals surface area contributed by atoms with Crippen molar-refractivity contribution in [1.29, 1.82) is 0 Å². The molecule has 0 bridgehead atoms. The summed E-state index contributed by atoms with van der Waals surface area (Å²) in [5.41, 5.74) is 1.83. The molecule has 0 radical (unpaired) electrons. The van der Waals surface area contributed by atoms with E-state index in [2.05, 4.69) is 10.6 Å². The third-order valence-corrected chi connectivity index (χ3v) is 3.30. The van der Waals surface area contributed by atoms with Gasteiger partial charge < -0.3 is 10.6 Å². The molecular weight excluding hydrogens is 212 g/mol. The summed E-state index contributed by atoms with van der Waals surface area (Å²) in [6.07, 6.45) is 3.24. The van der Waals surface area contributed by atoms with Gasteiger partial charge in [-0.05, 0) is 50.9 Å². The van der Waals surface area contributed by atoms with Gasteiger partial charge in [0.1, 0.15) is 0 Å². The number of hydrogen-bond acceptors (Lipinski definition) is 2. The van der Waals surface area contributed by atoms with Gasteiger partial charge in [0, 0.05) is 11.6 Å². The van der Waals surface area contributed by atoms with Gasteiger partial charge in [-0.2, -0.15) is 0 Å². The molecule has 92 valence electrons. The minimum atomic E-state index is 0.0648. The fourth-order valence-electron chi connectivity index (χ4n) is 2.25. The highest BCUT2D eigenvalue weighted by atomic mass is 16.1. The lowest BCUT2D eigenvalue weighted by Crippen LogP contribution is -2.35. The Balaban J connectivity index is 1.98. The molecule has 1 aliphatic heterocycles. The molecule has 2 rings (SSSR count). The van der Waals surface area contributed by atoms with E-state index in [9.17, 15) is 4.79 Å². The molecule has 1 fully saturated rings. The number of hydrogen-bond donors (Lipinski definition) is 2. The number of carbonyl (C=O) groups is 1. The molecule has 1 atom stereocenters. The van der Waals surface area contributed by atoms with Crippen molar-refractivity contribution in [3.05, 3.63) is 35.4 Å². The normalized spacial score (nSPS) is 20.6. The maximum Gasteiger partial charge on any atom is 0.251 e. The van der Waals surface area contributed by atoms with E-state index in [0.717, 1.165) is 43.5 Å². The van der Waals surface area contributed by atoms with Crippen LogP contribution in [0.1, 0.15) is 35.2 Å².